The predicted octanol–water partition coefficient (Wildman–Crippen LogP) is 4.57. The first-order valence-corrected chi connectivity index (χ1v) is 8.08. The Morgan fingerprint density at radius 1 is 1.00 bits per heavy atom. The lowest BCUT2D eigenvalue weighted by Gasteiger charge is -2.12. The molecule has 0 bridgehead atoms. The molecule has 0 aliphatic rings. The van der Waals surface area contributed by atoms with Crippen LogP contribution in [0.5, 0.6) is 0 Å². The van der Waals surface area contributed by atoms with Gasteiger partial charge in [-0.2, -0.15) is 18.2 Å². The number of nitrogens with zero attached hydrogens (tertiary/aromatic N) is 2. The van der Waals surface area contributed by atoms with E-state index in [1.807, 2.05) is 31.2 Å². The number of fused-ring (bicyclic) bond motifs is 1. The third kappa shape index (κ3) is 4.65. The van der Waals surface area contributed by atoms with Gasteiger partial charge in [0, 0.05) is 11.8 Å². The van der Waals surface area contributed by atoms with Crippen LogP contribution in [0.3, 0.4) is 0 Å². The van der Waals surface area contributed by atoms with E-state index in [9.17, 15) is 18.0 Å². The van der Waals surface area contributed by atoms with Crippen molar-refractivity contribution in [2.45, 2.75) is 13.1 Å². The largest absolute Gasteiger partial charge is 0.433 e. The molecule has 1 aromatic heterocycles. The molecule has 0 aliphatic carbocycles. The molecule has 1 heterocycles. The summed E-state index contributed by atoms with van der Waals surface area (Å²) in [6.45, 7) is 1.95. The fraction of sp³-hybridized carbons (Fsp3) is 0.167. The lowest BCUT2D eigenvalue weighted by atomic mass is 10.1. The van der Waals surface area contributed by atoms with Crippen LogP contribution in [-0.2, 0) is 11.0 Å². The zero-order valence-electron chi connectivity index (χ0n) is 14.9. The fourth-order valence-corrected chi connectivity index (χ4v) is 2.51. The van der Waals surface area contributed by atoms with Crippen molar-refractivity contribution >= 4 is 34.3 Å². The van der Waals surface area contributed by atoms with Gasteiger partial charge in [-0.1, -0.05) is 29.8 Å². The summed E-state index contributed by atoms with van der Waals surface area (Å²) in [6, 6.07) is 11.0. The van der Waals surface area contributed by atoms with Gasteiger partial charge in [-0.05, 0) is 29.8 Å². The van der Waals surface area contributed by atoms with E-state index in [2.05, 4.69) is 30.9 Å². The number of benzene rings is 2. The molecular formula is C18H16F3N5O2. The number of rotatable bonds is 4. The zero-order chi connectivity index (χ0) is 20.3. The standard InChI is InChI=1S/C18H16F3N5O2/c1-10-3-4-11-5-6-13(8-12(11)7-10)22-17(27)25-16-23-14(18(19,20)21)9-15(24-16)26-28-2/h3-9H,1-2H3,(H3,22,23,24,25,26,27). The molecule has 0 unspecified atom stereocenters. The van der Waals surface area contributed by atoms with Crippen LogP contribution in [-0.4, -0.2) is 23.1 Å². The van der Waals surface area contributed by atoms with E-state index in [1.165, 1.54) is 7.11 Å². The maximum Gasteiger partial charge on any atom is 0.433 e. The predicted molar refractivity (Wildman–Crippen MR) is 99.0 cm³/mol. The summed E-state index contributed by atoms with van der Waals surface area (Å²) in [5.74, 6) is -0.773. The molecule has 0 fully saturated rings. The summed E-state index contributed by atoms with van der Waals surface area (Å²) in [5, 5.41) is 6.65. The van der Waals surface area contributed by atoms with E-state index in [0.29, 0.717) is 11.8 Å². The van der Waals surface area contributed by atoms with E-state index >= 15 is 0 Å². The maximum atomic E-state index is 13.0. The Bertz CT molecular complexity index is 1020. The second kappa shape index (κ2) is 7.69. The molecule has 10 heteroatoms. The van der Waals surface area contributed by atoms with E-state index in [-0.39, 0.29) is 5.82 Å². The summed E-state index contributed by atoms with van der Waals surface area (Å²) in [6.07, 6.45) is -4.71. The van der Waals surface area contributed by atoms with Crippen molar-refractivity contribution in [1.82, 2.24) is 9.97 Å². The van der Waals surface area contributed by atoms with Gasteiger partial charge in [-0.3, -0.25) is 10.2 Å². The topological polar surface area (TPSA) is 88.2 Å². The average Bonchev–Trinajstić information content (AvgIpc) is 2.60. The SMILES string of the molecule is CONc1cc(C(F)(F)F)nc(NC(=O)Nc2ccc3ccc(C)cc3c2)n1. The second-order valence-corrected chi connectivity index (χ2v) is 5.91. The Morgan fingerprint density at radius 3 is 2.46 bits per heavy atom. The normalized spacial score (nSPS) is 11.3. The van der Waals surface area contributed by atoms with Gasteiger partial charge in [0.25, 0.3) is 0 Å². The summed E-state index contributed by atoms with van der Waals surface area (Å²) < 4.78 is 38.9. The van der Waals surface area contributed by atoms with Gasteiger partial charge in [0.05, 0.1) is 7.11 Å². The maximum absolute atomic E-state index is 13.0. The Labute approximate surface area is 157 Å². The summed E-state index contributed by atoms with van der Waals surface area (Å²) in [4.78, 5) is 23.8. The Kier molecular flexibility index (Phi) is 5.32. The van der Waals surface area contributed by atoms with Crippen molar-refractivity contribution in [2.24, 2.45) is 0 Å². The highest BCUT2D eigenvalue weighted by molar-refractivity contribution is 6.00. The molecule has 2 aromatic carbocycles. The van der Waals surface area contributed by atoms with Crippen molar-refractivity contribution in [3.63, 3.8) is 0 Å². The number of nitrogens with one attached hydrogen (secondary N) is 3. The average molecular weight is 391 g/mol. The van der Waals surface area contributed by atoms with Crippen molar-refractivity contribution in [2.75, 3.05) is 23.2 Å². The minimum atomic E-state index is -4.71. The van der Waals surface area contributed by atoms with Crippen LogP contribution >= 0.6 is 0 Å². The number of hydrogen-bond acceptors (Lipinski definition) is 5. The minimum Gasteiger partial charge on any atom is -0.308 e. The molecule has 0 aliphatic heterocycles. The zero-order valence-corrected chi connectivity index (χ0v) is 14.9. The number of alkyl halides is 3. The molecule has 3 N–H and O–H groups in total. The molecule has 0 radical (unpaired) electrons. The van der Waals surface area contributed by atoms with E-state index < -0.39 is 23.8 Å². The van der Waals surface area contributed by atoms with Crippen LogP contribution in [0.1, 0.15) is 11.3 Å². The van der Waals surface area contributed by atoms with Gasteiger partial charge < -0.3 is 5.32 Å². The lowest BCUT2D eigenvalue weighted by molar-refractivity contribution is -0.141. The van der Waals surface area contributed by atoms with Gasteiger partial charge in [0.1, 0.15) is 0 Å². The third-order valence-electron chi connectivity index (χ3n) is 3.70. The first-order valence-electron chi connectivity index (χ1n) is 8.08. The molecule has 28 heavy (non-hydrogen) atoms. The highest BCUT2D eigenvalue weighted by atomic mass is 19.4. The Morgan fingerprint density at radius 2 is 1.75 bits per heavy atom. The summed E-state index contributed by atoms with van der Waals surface area (Å²) in [7, 11) is 1.22. The van der Waals surface area contributed by atoms with Crippen LogP contribution in [0.25, 0.3) is 10.8 Å². The number of hydrogen-bond donors (Lipinski definition) is 3. The van der Waals surface area contributed by atoms with Crippen molar-refractivity contribution in [3.05, 3.63) is 53.7 Å². The number of amides is 2. The first kappa shape index (κ1) is 19.4. The molecule has 3 aromatic rings. The van der Waals surface area contributed by atoms with Gasteiger partial charge >= 0.3 is 12.2 Å². The van der Waals surface area contributed by atoms with Crippen LogP contribution < -0.4 is 16.1 Å². The monoisotopic (exact) mass is 391 g/mol. The number of aromatic nitrogens is 2. The van der Waals surface area contributed by atoms with Crippen LogP contribution in [0, 0.1) is 6.92 Å². The van der Waals surface area contributed by atoms with Gasteiger partial charge in [-0.25, -0.2) is 15.3 Å². The quantitative estimate of drug-likeness (QED) is 0.567. The van der Waals surface area contributed by atoms with E-state index in [4.69, 9.17) is 0 Å². The van der Waals surface area contributed by atoms with Gasteiger partial charge in [-0.15, -0.1) is 0 Å². The number of anilines is 3. The number of carbonyl (C=O) groups is 1. The van der Waals surface area contributed by atoms with E-state index in [1.54, 1.807) is 12.1 Å². The van der Waals surface area contributed by atoms with Crippen LogP contribution in [0.2, 0.25) is 0 Å². The Hall–Kier alpha value is -3.40. The van der Waals surface area contributed by atoms with Gasteiger partial charge in [0.2, 0.25) is 5.95 Å². The summed E-state index contributed by atoms with van der Waals surface area (Å²) >= 11 is 0. The molecule has 146 valence electrons. The van der Waals surface area contributed by atoms with E-state index in [0.717, 1.165) is 16.3 Å². The number of halogens is 3. The molecular weight excluding hydrogens is 375 g/mol. The van der Waals surface area contributed by atoms with Crippen LogP contribution in [0.4, 0.5) is 35.4 Å². The number of aryl methyl sites for hydroxylation is 1. The number of urea groups is 1. The fourth-order valence-electron chi connectivity index (χ4n) is 2.51. The highest BCUT2D eigenvalue weighted by Gasteiger charge is 2.34. The third-order valence-corrected chi connectivity index (χ3v) is 3.70. The van der Waals surface area contributed by atoms with Crippen molar-refractivity contribution in [3.8, 4) is 0 Å². The Balaban J connectivity index is 1.79. The highest BCUT2D eigenvalue weighted by Crippen LogP contribution is 2.29. The molecule has 3 rings (SSSR count). The smallest absolute Gasteiger partial charge is 0.308 e. The molecule has 0 saturated heterocycles. The number of carbonyl (C=O) groups excluding carboxylic acids is 1. The van der Waals surface area contributed by atoms with Crippen LogP contribution in [0.15, 0.2) is 42.5 Å². The molecule has 0 saturated carbocycles. The first-order chi connectivity index (χ1) is 13.2. The molecule has 0 atom stereocenters. The minimum absolute atomic E-state index is 0.249. The van der Waals surface area contributed by atoms with Crippen molar-refractivity contribution in [1.29, 1.82) is 0 Å². The van der Waals surface area contributed by atoms with Gasteiger partial charge in [0.15, 0.2) is 11.5 Å². The second-order valence-electron chi connectivity index (χ2n) is 5.91. The molecule has 0 spiro atoms. The molecule has 2 amide bonds. The van der Waals surface area contributed by atoms with Crippen molar-refractivity contribution < 1.29 is 22.8 Å². The lowest BCUT2D eigenvalue weighted by Crippen LogP contribution is -2.22. The summed E-state index contributed by atoms with van der Waals surface area (Å²) in [5.41, 5.74) is 2.49. The molecule has 7 nitrogen and oxygen atoms in total.